The molecule has 0 bridgehead atoms. The van der Waals surface area contributed by atoms with Crippen LogP contribution in [0.3, 0.4) is 0 Å². The van der Waals surface area contributed by atoms with Crippen LogP contribution in [0.15, 0.2) is 30.3 Å². The van der Waals surface area contributed by atoms with Gasteiger partial charge in [-0.3, -0.25) is 14.7 Å². The Morgan fingerprint density at radius 1 is 0.735 bits per heavy atom. The molecule has 2 amide bonds. The highest BCUT2D eigenvalue weighted by Gasteiger charge is 2.37. The van der Waals surface area contributed by atoms with Crippen LogP contribution >= 0.6 is 0 Å². The Hall–Kier alpha value is -2.48. The van der Waals surface area contributed by atoms with Gasteiger partial charge >= 0.3 is 12.2 Å². The second-order valence-corrected chi connectivity index (χ2v) is 14.9. The van der Waals surface area contributed by atoms with Gasteiger partial charge in [-0.25, -0.2) is 9.59 Å². The number of morpholine rings is 2. The molecular weight excluding hydrogens is 624 g/mol. The third-order valence-corrected chi connectivity index (χ3v) is 9.89. The van der Waals surface area contributed by atoms with Gasteiger partial charge in [-0.05, 0) is 61.0 Å². The monoisotopic (exact) mass is 688 g/mol. The van der Waals surface area contributed by atoms with Crippen LogP contribution in [-0.4, -0.2) is 164 Å². The molecule has 0 aliphatic carbocycles. The topological polar surface area (TPSA) is 99.3 Å². The normalized spacial score (nSPS) is 29.0. The van der Waals surface area contributed by atoms with E-state index in [-0.39, 0.29) is 42.5 Å². The minimum atomic E-state index is -0.195. The molecule has 6 atom stereocenters. The van der Waals surface area contributed by atoms with E-state index in [4.69, 9.17) is 18.9 Å². The van der Waals surface area contributed by atoms with Crippen molar-refractivity contribution in [1.82, 2.24) is 29.8 Å². The van der Waals surface area contributed by atoms with Crippen LogP contribution in [-0.2, 0) is 25.5 Å². The third kappa shape index (κ3) is 12.1. The quantitative estimate of drug-likeness (QED) is 0.435. The number of carbonyl (C=O) groups is 2. The molecule has 0 saturated carbocycles. The van der Waals surface area contributed by atoms with Crippen molar-refractivity contribution < 1.29 is 28.5 Å². The van der Waals surface area contributed by atoms with Crippen LogP contribution in [0.5, 0.6) is 0 Å². The highest BCUT2D eigenvalue weighted by atomic mass is 16.6. The van der Waals surface area contributed by atoms with E-state index < -0.39 is 0 Å². The Morgan fingerprint density at radius 3 is 1.84 bits per heavy atom. The molecular formula is C37H64N6O6. The van der Waals surface area contributed by atoms with Crippen molar-refractivity contribution in [2.24, 2.45) is 0 Å². The van der Waals surface area contributed by atoms with Crippen LogP contribution in [0, 0.1) is 0 Å². The fourth-order valence-corrected chi connectivity index (χ4v) is 7.01. The van der Waals surface area contributed by atoms with Gasteiger partial charge < -0.3 is 34.1 Å². The van der Waals surface area contributed by atoms with Crippen molar-refractivity contribution >= 4 is 12.2 Å². The van der Waals surface area contributed by atoms with E-state index in [2.05, 4.69) is 78.0 Å². The summed E-state index contributed by atoms with van der Waals surface area (Å²) < 4.78 is 21.9. The van der Waals surface area contributed by atoms with Crippen molar-refractivity contribution in [3.63, 3.8) is 0 Å². The lowest BCUT2D eigenvalue weighted by atomic mass is 10.0. The van der Waals surface area contributed by atoms with E-state index in [1.807, 2.05) is 37.5 Å². The van der Waals surface area contributed by atoms with Gasteiger partial charge in [0.2, 0.25) is 0 Å². The predicted octanol–water partition coefficient (Wildman–Crippen LogP) is 3.74. The molecule has 0 spiro atoms. The van der Waals surface area contributed by atoms with E-state index in [1.54, 1.807) is 0 Å². The Balaban J connectivity index is 0.000000230. The van der Waals surface area contributed by atoms with E-state index in [0.29, 0.717) is 31.2 Å². The van der Waals surface area contributed by atoms with Gasteiger partial charge in [0, 0.05) is 95.2 Å². The number of nitrogens with zero attached hydrogens (tertiary/aromatic N) is 5. The Bertz CT molecular complexity index is 1140. The SMILES string of the molecule is CC(C)OC(=O)N1C[C@H](CN2CCOC[C@H]2C)N(Cc2ccccc2)C[C@H]1C.CC(C)OC(=O)N1C[C@H](CN2CCOC[C@H]2C)NC[C@H]1C. The van der Waals surface area contributed by atoms with Crippen molar-refractivity contribution in [2.45, 2.75) is 110 Å². The molecule has 0 unspecified atom stereocenters. The molecule has 4 aliphatic rings. The zero-order valence-electron chi connectivity index (χ0n) is 31.4. The standard InChI is InChI=1S/C22H35N3O3.C15H29N3O3/c1-17(2)28-22(26)25-15-21(14-23-10-11-27-16-19(23)4)24(12-18(25)3)13-20-8-6-5-7-9-20;1-11(2)21-15(19)18-9-14(16-7-12(18)3)8-17-5-6-20-10-13(17)4/h5-9,17-19,21H,10-16H2,1-4H3;11-14,16H,5-10H2,1-4H3/t18-,19-,21+;12-,13-,14+/m11/s1. The highest BCUT2D eigenvalue weighted by Crippen LogP contribution is 2.22. The summed E-state index contributed by atoms with van der Waals surface area (Å²) in [6.07, 6.45) is -0.557. The first kappa shape index (κ1) is 39.3. The number of hydrogen-bond acceptors (Lipinski definition) is 10. The third-order valence-electron chi connectivity index (χ3n) is 9.89. The van der Waals surface area contributed by atoms with Gasteiger partial charge in [0.05, 0.1) is 38.6 Å². The van der Waals surface area contributed by atoms with Crippen LogP contribution in [0.1, 0.15) is 61.0 Å². The molecule has 4 fully saturated rings. The fourth-order valence-electron chi connectivity index (χ4n) is 7.01. The molecule has 0 aromatic heterocycles. The van der Waals surface area contributed by atoms with Gasteiger partial charge in [-0.15, -0.1) is 0 Å². The molecule has 0 radical (unpaired) electrons. The number of rotatable bonds is 8. The van der Waals surface area contributed by atoms with Crippen molar-refractivity contribution in [3.05, 3.63) is 35.9 Å². The van der Waals surface area contributed by atoms with Crippen molar-refractivity contribution in [1.29, 1.82) is 0 Å². The molecule has 4 heterocycles. The Labute approximate surface area is 295 Å². The first-order chi connectivity index (χ1) is 23.4. The maximum atomic E-state index is 12.6. The number of ether oxygens (including phenoxy) is 4. The zero-order valence-corrected chi connectivity index (χ0v) is 31.4. The molecule has 12 nitrogen and oxygen atoms in total. The summed E-state index contributed by atoms with van der Waals surface area (Å²) in [6.45, 7) is 27.1. The summed E-state index contributed by atoms with van der Waals surface area (Å²) >= 11 is 0. The summed E-state index contributed by atoms with van der Waals surface area (Å²) in [5.41, 5.74) is 1.31. The van der Waals surface area contributed by atoms with E-state index >= 15 is 0 Å². The van der Waals surface area contributed by atoms with Gasteiger partial charge in [-0.2, -0.15) is 0 Å². The molecule has 49 heavy (non-hydrogen) atoms. The van der Waals surface area contributed by atoms with E-state index in [1.165, 1.54) is 5.56 Å². The summed E-state index contributed by atoms with van der Waals surface area (Å²) in [5.74, 6) is 0. The number of amides is 2. The number of carbonyl (C=O) groups excluding carboxylic acids is 2. The van der Waals surface area contributed by atoms with Crippen molar-refractivity contribution in [2.75, 3.05) is 78.8 Å². The van der Waals surface area contributed by atoms with E-state index in [9.17, 15) is 9.59 Å². The maximum Gasteiger partial charge on any atom is 0.410 e. The second-order valence-electron chi connectivity index (χ2n) is 14.9. The Morgan fingerprint density at radius 2 is 1.29 bits per heavy atom. The van der Waals surface area contributed by atoms with Crippen LogP contribution < -0.4 is 5.32 Å². The van der Waals surface area contributed by atoms with Crippen LogP contribution in [0.2, 0.25) is 0 Å². The lowest BCUT2D eigenvalue weighted by Crippen LogP contribution is -2.62. The maximum absolute atomic E-state index is 12.6. The summed E-state index contributed by atoms with van der Waals surface area (Å²) in [6, 6.07) is 12.3. The summed E-state index contributed by atoms with van der Waals surface area (Å²) in [4.78, 5) is 36.0. The number of piperazine rings is 2. The molecule has 1 N–H and O–H groups in total. The number of benzene rings is 1. The van der Waals surface area contributed by atoms with Crippen molar-refractivity contribution in [3.8, 4) is 0 Å². The average Bonchev–Trinajstić information content (AvgIpc) is 3.05. The smallest absolute Gasteiger partial charge is 0.410 e. The average molecular weight is 689 g/mol. The molecule has 4 saturated heterocycles. The Kier molecular flexibility index (Phi) is 15.4. The lowest BCUT2D eigenvalue weighted by Gasteiger charge is -2.47. The largest absolute Gasteiger partial charge is 0.447 e. The minimum absolute atomic E-state index is 0.0719. The molecule has 5 rings (SSSR count). The first-order valence-electron chi connectivity index (χ1n) is 18.5. The van der Waals surface area contributed by atoms with Crippen LogP contribution in [0.25, 0.3) is 0 Å². The highest BCUT2D eigenvalue weighted by molar-refractivity contribution is 5.69. The zero-order chi connectivity index (χ0) is 35.5. The van der Waals surface area contributed by atoms with E-state index in [0.717, 1.165) is 72.2 Å². The second kappa shape index (κ2) is 19.2. The molecule has 1 aromatic rings. The lowest BCUT2D eigenvalue weighted by molar-refractivity contribution is -0.0360. The van der Waals surface area contributed by atoms with Gasteiger partial charge in [0.25, 0.3) is 0 Å². The molecule has 1 aromatic carbocycles. The minimum Gasteiger partial charge on any atom is -0.447 e. The van der Waals surface area contributed by atoms with Crippen LogP contribution in [0.4, 0.5) is 9.59 Å². The summed E-state index contributed by atoms with van der Waals surface area (Å²) in [5, 5.41) is 3.54. The molecule has 12 heteroatoms. The van der Waals surface area contributed by atoms with Gasteiger partial charge in [0.15, 0.2) is 0 Å². The molecule has 278 valence electrons. The number of nitrogens with one attached hydrogen (secondary N) is 1. The number of hydrogen-bond donors (Lipinski definition) is 1. The van der Waals surface area contributed by atoms with Gasteiger partial charge in [-0.1, -0.05) is 30.3 Å². The first-order valence-corrected chi connectivity index (χ1v) is 18.5. The van der Waals surface area contributed by atoms with Gasteiger partial charge in [0.1, 0.15) is 0 Å². The fraction of sp³-hybridized carbons (Fsp3) is 0.784. The predicted molar refractivity (Wildman–Crippen MR) is 192 cm³/mol. The molecule has 4 aliphatic heterocycles. The summed E-state index contributed by atoms with van der Waals surface area (Å²) in [7, 11) is 0.